The van der Waals surface area contributed by atoms with Gasteiger partial charge in [0.15, 0.2) is 10.9 Å². The lowest BCUT2D eigenvalue weighted by atomic mass is 9.87. The van der Waals surface area contributed by atoms with Gasteiger partial charge in [0, 0.05) is 27.8 Å². The van der Waals surface area contributed by atoms with Crippen molar-refractivity contribution in [3.05, 3.63) is 77.3 Å². The average Bonchev–Trinajstić information content (AvgIpc) is 3.46. The highest BCUT2D eigenvalue weighted by molar-refractivity contribution is 7.22. The van der Waals surface area contributed by atoms with Crippen molar-refractivity contribution in [3.63, 3.8) is 0 Å². The second-order valence-corrected chi connectivity index (χ2v) is 9.70. The predicted octanol–water partition coefficient (Wildman–Crippen LogP) is 7.04. The van der Waals surface area contributed by atoms with Crippen molar-refractivity contribution in [2.24, 2.45) is 11.8 Å². The molecule has 5 nitrogen and oxygen atoms in total. The molecule has 3 aromatic carbocycles. The number of aliphatic carboxylic acids is 1. The second kappa shape index (κ2) is 8.96. The Morgan fingerprint density at radius 1 is 1.00 bits per heavy atom. The lowest BCUT2D eigenvalue weighted by molar-refractivity contribution is -0.142. The number of hydrogen-bond acceptors (Lipinski definition) is 5. The average molecular weight is 477 g/mol. The lowest BCUT2D eigenvalue weighted by Crippen LogP contribution is -2.25. The Bertz CT molecular complexity index is 1350. The summed E-state index contributed by atoms with van der Waals surface area (Å²) in [5.74, 6) is -2.10. The summed E-state index contributed by atoms with van der Waals surface area (Å²) >= 11 is 7.61. The van der Waals surface area contributed by atoms with Gasteiger partial charge in [-0.15, -0.1) is 0 Å². The van der Waals surface area contributed by atoms with Crippen LogP contribution in [0.15, 0.2) is 66.7 Å². The van der Waals surface area contributed by atoms with Crippen LogP contribution in [-0.4, -0.2) is 21.8 Å². The monoisotopic (exact) mass is 476 g/mol. The zero-order chi connectivity index (χ0) is 22.9. The molecule has 0 radical (unpaired) electrons. The summed E-state index contributed by atoms with van der Waals surface area (Å²) in [5.41, 5.74) is 4.05. The highest BCUT2D eigenvalue weighted by atomic mass is 35.5. The number of carbonyl (C=O) groups excluding carboxylic acids is 1. The van der Waals surface area contributed by atoms with E-state index in [4.69, 9.17) is 11.6 Å². The van der Waals surface area contributed by atoms with Crippen LogP contribution in [-0.2, 0) is 4.79 Å². The number of carboxylic acids is 1. The van der Waals surface area contributed by atoms with Crippen LogP contribution in [0.2, 0.25) is 5.02 Å². The van der Waals surface area contributed by atoms with Gasteiger partial charge in [-0.05, 0) is 42.7 Å². The largest absolute Gasteiger partial charge is 0.481 e. The van der Waals surface area contributed by atoms with Crippen molar-refractivity contribution < 1.29 is 14.7 Å². The normalized spacial score (nSPS) is 17.8. The van der Waals surface area contributed by atoms with Crippen LogP contribution in [0.25, 0.3) is 21.3 Å². The molecule has 5 rings (SSSR count). The Balaban J connectivity index is 1.54. The Hall–Kier alpha value is -3.22. The Kier molecular flexibility index (Phi) is 5.87. The highest BCUT2D eigenvalue weighted by Crippen LogP contribution is 2.38. The highest BCUT2D eigenvalue weighted by Gasteiger charge is 2.38. The maximum Gasteiger partial charge on any atom is 0.307 e. The summed E-state index contributed by atoms with van der Waals surface area (Å²) in [5, 5.41) is 14.3. The molecule has 0 amide bonds. The van der Waals surface area contributed by atoms with Gasteiger partial charge >= 0.3 is 5.97 Å². The van der Waals surface area contributed by atoms with Crippen molar-refractivity contribution in [2.75, 3.05) is 5.32 Å². The van der Waals surface area contributed by atoms with Crippen LogP contribution < -0.4 is 5.32 Å². The Morgan fingerprint density at radius 3 is 2.58 bits per heavy atom. The Morgan fingerprint density at radius 2 is 1.79 bits per heavy atom. The van der Waals surface area contributed by atoms with E-state index in [9.17, 15) is 14.7 Å². The summed E-state index contributed by atoms with van der Waals surface area (Å²) in [7, 11) is 0. The van der Waals surface area contributed by atoms with E-state index in [0.717, 1.165) is 33.5 Å². The van der Waals surface area contributed by atoms with Gasteiger partial charge in [0.2, 0.25) is 0 Å². The maximum atomic E-state index is 13.3. The molecular formula is C26H21ClN2O3S. The van der Waals surface area contributed by atoms with Crippen molar-refractivity contribution in [2.45, 2.75) is 19.3 Å². The molecule has 1 saturated carbocycles. The summed E-state index contributed by atoms with van der Waals surface area (Å²) < 4.78 is 0.966. The molecule has 4 aromatic rings. The SMILES string of the molecule is O=C(O)[C@H]1CCC[C@@H]1C(=O)c1ccc(-c2ccccc2)c(Nc2nc3ccc(Cl)cc3s2)c1. The first-order valence-electron chi connectivity index (χ1n) is 10.8. The molecule has 33 heavy (non-hydrogen) atoms. The van der Waals surface area contributed by atoms with Gasteiger partial charge < -0.3 is 10.4 Å². The maximum absolute atomic E-state index is 13.3. The summed E-state index contributed by atoms with van der Waals surface area (Å²) in [6, 6.07) is 21.0. The number of Topliss-reactive ketones (excluding diaryl/α,β-unsaturated/α-hetero) is 1. The van der Waals surface area contributed by atoms with E-state index in [2.05, 4.69) is 10.3 Å². The van der Waals surface area contributed by atoms with Gasteiger partial charge in [-0.25, -0.2) is 4.98 Å². The summed E-state index contributed by atoms with van der Waals surface area (Å²) in [6.45, 7) is 0. The fourth-order valence-corrected chi connectivity index (χ4v) is 5.68. The van der Waals surface area contributed by atoms with Gasteiger partial charge in [-0.1, -0.05) is 71.8 Å². The molecule has 166 valence electrons. The number of thiazole rings is 1. The first-order valence-corrected chi connectivity index (χ1v) is 12.0. The summed E-state index contributed by atoms with van der Waals surface area (Å²) in [4.78, 5) is 29.6. The molecular weight excluding hydrogens is 456 g/mol. The smallest absolute Gasteiger partial charge is 0.307 e. The number of rotatable bonds is 6. The number of anilines is 2. The molecule has 1 aliphatic carbocycles. The van der Waals surface area contributed by atoms with Gasteiger partial charge in [0.1, 0.15) is 0 Å². The van der Waals surface area contributed by atoms with Crippen LogP contribution in [0.4, 0.5) is 10.8 Å². The number of fused-ring (bicyclic) bond motifs is 1. The number of halogens is 1. The molecule has 0 unspecified atom stereocenters. The standard InChI is InChI=1S/C26H21ClN2O3S/c27-17-10-12-21-23(14-17)33-26(28-21)29-22-13-16(9-11-18(22)15-5-2-1-3-6-15)24(30)19-7-4-8-20(19)25(31)32/h1-3,5-6,9-14,19-20H,4,7-8H2,(H,28,29)(H,31,32)/t19-,20-/m0/s1. The van der Waals surface area contributed by atoms with Crippen LogP contribution in [0.3, 0.4) is 0 Å². The molecule has 1 aromatic heterocycles. The van der Waals surface area contributed by atoms with Gasteiger partial charge in [0.25, 0.3) is 0 Å². The van der Waals surface area contributed by atoms with E-state index in [1.807, 2.05) is 60.7 Å². The van der Waals surface area contributed by atoms with E-state index in [0.29, 0.717) is 28.6 Å². The van der Waals surface area contributed by atoms with Gasteiger partial charge in [0.05, 0.1) is 16.1 Å². The molecule has 0 spiro atoms. The van der Waals surface area contributed by atoms with Crippen LogP contribution in [0, 0.1) is 11.8 Å². The predicted molar refractivity (Wildman–Crippen MR) is 133 cm³/mol. The fraction of sp³-hybridized carbons (Fsp3) is 0.192. The molecule has 1 aliphatic rings. The molecule has 7 heteroatoms. The first-order chi connectivity index (χ1) is 16.0. The topological polar surface area (TPSA) is 79.3 Å². The van der Waals surface area contributed by atoms with Crippen LogP contribution in [0.1, 0.15) is 29.6 Å². The van der Waals surface area contributed by atoms with E-state index in [1.54, 1.807) is 6.07 Å². The molecule has 2 N–H and O–H groups in total. The van der Waals surface area contributed by atoms with E-state index in [-0.39, 0.29) is 5.78 Å². The molecule has 1 fully saturated rings. The van der Waals surface area contributed by atoms with Crippen LogP contribution >= 0.6 is 22.9 Å². The molecule has 2 atom stereocenters. The minimum atomic E-state index is -0.891. The van der Waals surface area contributed by atoms with Gasteiger partial charge in [-0.2, -0.15) is 0 Å². The van der Waals surface area contributed by atoms with E-state index < -0.39 is 17.8 Å². The zero-order valence-corrected chi connectivity index (χ0v) is 19.2. The third-order valence-corrected chi connectivity index (χ3v) is 7.32. The number of aromatic nitrogens is 1. The number of ketones is 1. The third kappa shape index (κ3) is 4.36. The number of nitrogens with one attached hydrogen (secondary N) is 1. The molecule has 0 aliphatic heterocycles. The Labute approximate surface area is 200 Å². The molecule has 1 heterocycles. The lowest BCUT2D eigenvalue weighted by Gasteiger charge is -2.17. The third-order valence-electron chi connectivity index (χ3n) is 6.15. The fourth-order valence-electron chi connectivity index (χ4n) is 4.52. The van der Waals surface area contributed by atoms with Gasteiger partial charge in [-0.3, -0.25) is 9.59 Å². The number of carbonyl (C=O) groups is 2. The van der Waals surface area contributed by atoms with E-state index in [1.165, 1.54) is 11.3 Å². The molecule has 0 saturated heterocycles. The number of carboxylic acid groups (broad SMARTS) is 1. The summed E-state index contributed by atoms with van der Waals surface area (Å²) in [6.07, 6.45) is 1.92. The minimum absolute atomic E-state index is 0.112. The van der Waals surface area contributed by atoms with Crippen LogP contribution in [0.5, 0.6) is 0 Å². The van der Waals surface area contributed by atoms with Crippen molar-refractivity contribution in [3.8, 4) is 11.1 Å². The first kappa shape index (κ1) is 21.6. The van der Waals surface area contributed by atoms with E-state index >= 15 is 0 Å². The number of hydrogen-bond donors (Lipinski definition) is 2. The number of benzene rings is 3. The number of nitrogens with zero attached hydrogens (tertiary/aromatic N) is 1. The van der Waals surface area contributed by atoms with Crippen molar-refractivity contribution in [1.82, 2.24) is 4.98 Å². The quantitative estimate of drug-likeness (QED) is 0.291. The zero-order valence-electron chi connectivity index (χ0n) is 17.6. The minimum Gasteiger partial charge on any atom is -0.481 e. The van der Waals surface area contributed by atoms with Crippen molar-refractivity contribution in [1.29, 1.82) is 0 Å². The molecule has 0 bridgehead atoms. The van der Waals surface area contributed by atoms with Crippen molar-refractivity contribution >= 4 is 55.7 Å². The second-order valence-electron chi connectivity index (χ2n) is 8.23.